The Balaban J connectivity index is 2.44. The highest BCUT2D eigenvalue weighted by Gasteiger charge is 2.41. The van der Waals surface area contributed by atoms with Crippen molar-refractivity contribution in [1.82, 2.24) is 5.32 Å². The van der Waals surface area contributed by atoms with Gasteiger partial charge in [0.25, 0.3) is 0 Å². The summed E-state index contributed by atoms with van der Waals surface area (Å²) in [5.41, 5.74) is 0. The summed E-state index contributed by atoms with van der Waals surface area (Å²) < 4.78 is 36.4. The Kier molecular flexibility index (Phi) is 2.95. The third-order valence-corrected chi connectivity index (χ3v) is 2.37. The van der Waals surface area contributed by atoms with E-state index in [2.05, 4.69) is 5.32 Å². The molecule has 76 valence electrons. The van der Waals surface area contributed by atoms with Crippen LogP contribution in [0.25, 0.3) is 0 Å². The summed E-state index contributed by atoms with van der Waals surface area (Å²) in [5, 5.41) is 2.61. The zero-order chi connectivity index (χ0) is 10.1. The van der Waals surface area contributed by atoms with E-state index in [-0.39, 0.29) is 24.8 Å². The maximum Gasteiger partial charge on any atom is 0.393 e. The second-order valence-corrected chi connectivity index (χ2v) is 3.39. The van der Waals surface area contributed by atoms with Gasteiger partial charge in [0.15, 0.2) is 0 Å². The molecule has 1 aliphatic rings. The van der Waals surface area contributed by atoms with Crippen LogP contribution >= 0.6 is 0 Å². The van der Waals surface area contributed by atoms with E-state index in [1.54, 1.807) is 0 Å². The summed E-state index contributed by atoms with van der Waals surface area (Å²) in [6.07, 6.45) is -3.78. The molecule has 0 saturated carbocycles. The number of nitrogens with one attached hydrogen (secondary N) is 1. The Labute approximate surface area is 74.5 Å². The summed E-state index contributed by atoms with van der Waals surface area (Å²) >= 11 is 0. The van der Waals surface area contributed by atoms with Crippen molar-refractivity contribution in [2.75, 3.05) is 6.54 Å². The Hall–Kier alpha value is -0.580. The van der Waals surface area contributed by atoms with Crippen LogP contribution in [0.2, 0.25) is 0 Å². The Bertz CT molecular complexity index is 194. The quantitative estimate of drug-likeness (QED) is 0.687. The van der Waals surface area contributed by atoms with E-state index in [0.717, 1.165) is 0 Å². The standard InChI is InChI=1S/C8H12F3NO/c1-5(13)7-3-2-6(4-12-7)8(9,10)11/h6-7,12H,2-4H2,1H3. The molecule has 2 nitrogen and oxygen atoms in total. The molecule has 2 atom stereocenters. The first-order chi connectivity index (χ1) is 5.91. The first-order valence-corrected chi connectivity index (χ1v) is 4.22. The monoisotopic (exact) mass is 195 g/mol. The molecule has 13 heavy (non-hydrogen) atoms. The second kappa shape index (κ2) is 3.65. The van der Waals surface area contributed by atoms with Crippen molar-refractivity contribution in [1.29, 1.82) is 0 Å². The van der Waals surface area contributed by atoms with Crippen LogP contribution < -0.4 is 5.32 Å². The van der Waals surface area contributed by atoms with Gasteiger partial charge in [0.2, 0.25) is 0 Å². The Morgan fingerprint density at radius 1 is 1.38 bits per heavy atom. The summed E-state index contributed by atoms with van der Waals surface area (Å²) in [5.74, 6) is -1.37. The molecule has 0 bridgehead atoms. The molecule has 1 saturated heterocycles. The fraction of sp³-hybridized carbons (Fsp3) is 0.875. The minimum atomic E-state index is -4.13. The van der Waals surface area contributed by atoms with Crippen molar-refractivity contribution in [2.45, 2.75) is 32.0 Å². The lowest BCUT2D eigenvalue weighted by molar-refractivity contribution is -0.180. The Morgan fingerprint density at radius 3 is 2.31 bits per heavy atom. The lowest BCUT2D eigenvalue weighted by Gasteiger charge is -2.29. The first kappa shape index (κ1) is 10.5. The van der Waals surface area contributed by atoms with Crippen LogP contribution in [-0.4, -0.2) is 24.5 Å². The van der Waals surface area contributed by atoms with Crippen LogP contribution in [0.5, 0.6) is 0 Å². The van der Waals surface area contributed by atoms with Crippen molar-refractivity contribution >= 4 is 5.78 Å². The van der Waals surface area contributed by atoms with Gasteiger partial charge < -0.3 is 5.32 Å². The molecule has 1 rings (SSSR count). The molecule has 1 heterocycles. The van der Waals surface area contributed by atoms with E-state index in [1.165, 1.54) is 6.92 Å². The largest absolute Gasteiger partial charge is 0.393 e. The van der Waals surface area contributed by atoms with E-state index in [0.29, 0.717) is 6.42 Å². The van der Waals surface area contributed by atoms with E-state index in [1.807, 2.05) is 0 Å². The minimum absolute atomic E-state index is 0.0563. The van der Waals surface area contributed by atoms with Gasteiger partial charge in [-0.3, -0.25) is 4.79 Å². The molecule has 0 aliphatic carbocycles. The normalized spacial score (nSPS) is 30.2. The van der Waals surface area contributed by atoms with Crippen LogP contribution in [0, 0.1) is 5.92 Å². The molecule has 0 aromatic carbocycles. The van der Waals surface area contributed by atoms with Crippen molar-refractivity contribution in [3.8, 4) is 0 Å². The summed E-state index contributed by atoms with van der Waals surface area (Å²) in [4.78, 5) is 10.8. The molecule has 1 fully saturated rings. The van der Waals surface area contributed by atoms with Crippen molar-refractivity contribution in [2.24, 2.45) is 5.92 Å². The number of alkyl halides is 3. The molecule has 5 heteroatoms. The zero-order valence-corrected chi connectivity index (χ0v) is 7.32. The lowest BCUT2D eigenvalue weighted by Crippen LogP contribution is -2.47. The van der Waals surface area contributed by atoms with Crippen LogP contribution in [0.1, 0.15) is 19.8 Å². The SMILES string of the molecule is CC(=O)C1CCC(C(F)(F)F)CN1. The molecule has 1 N–H and O–H groups in total. The van der Waals surface area contributed by atoms with Crippen LogP contribution in [0.3, 0.4) is 0 Å². The lowest BCUT2D eigenvalue weighted by atomic mass is 9.93. The third-order valence-electron chi connectivity index (χ3n) is 2.37. The molecule has 0 radical (unpaired) electrons. The molecule has 0 spiro atoms. The van der Waals surface area contributed by atoms with E-state index in [9.17, 15) is 18.0 Å². The summed E-state index contributed by atoms with van der Waals surface area (Å²) in [6, 6.07) is -0.376. The fourth-order valence-electron chi connectivity index (χ4n) is 1.48. The smallest absolute Gasteiger partial charge is 0.307 e. The topological polar surface area (TPSA) is 29.1 Å². The van der Waals surface area contributed by atoms with E-state index in [4.69, 9.17) is 0 Å². The average molecular weight is 195 g/mol. The van der Waals surface area contributed by atoms with Gasteiger partial charge in [0.1, 0.15) is 5.78 Å². The first-order valence-electron chi connectivity index (χ1n) is 4.22. The number of carbonyl (C=O) groups is 1. The molecule has 0 aromatic rings. The van der Waals surface area contributed by atoms with E-state index >= 15 is 0 Å². The van der Waals surface area contributed by atoms with Gasteiger partial charge in [-0.15, -0.1) is 0 Å². The molecule has 0 aromatic heterocycles. The predicted molar refractivity (Wildman–Crippen MR) is 41.3 cm³/mol. The number of Topliss-reactive ketones (excluding diaryl/α,β-unsaturated/α-hetero) is 1. The maximum absolute atomic E-state index is 12.1. The number of halogens is 3. The molecule has 0 amide bonds. The number of hydrogen-bond donors (Lipinski definition) is 1. The van der Waals surface area contributed by atoms with Gasteiger partial charge in [-0.1, -0.05) is 0 Å². The maximum atomic E-state index is 12.1. The molecular formula is C8H12F3NO. The van der Waals surface area contributed by atoms with Crippen molar-refractivity contribution in [3.05, 3.63) is 0 Å². The number of hydrogen-bond acceptors (Lipinski definition) is 2. The number of carbonyl (C=O) groups excluding carboxylic acids is 1. The predicted octanol–water partition coefficient (Wildman–Crippen LogP) is 1.51. The molecule has 1 aliphatic heterocycles. The minimum Gasteiger partial charge on any atom is -0.307 e. The molecular weight excluding hydrogens is 183 g/mol. The number of piperidine rings is 1. The highest BCUT2D eigenvalue weighted by molar-refractivity contribution is 5.81. The van der Waals surface area contributed by atoms with Gasteiger partial charge in [-0.2, -0.15) is 13.2 Å². The third kappa shape index (κ3) is 2.69. The fourth-order valence-corrected chi connectivity index (χ4v) is 1.48. The van der Waals surface area contributed by atoms with Crippen LogP contribution in [-0.2, 0) is 4.79 Å². The van der Waals surface area contributed by atoms with Gasteiger partial charge >= 0.3 is 6.18 Å². The number of ketones is 1. The second-order valence-electron chi connectivity index (χ2n) is 3.39. The number of rotatable bonds is 1. The van der Waals surface area contributed by atoms with Crippen molar-refractivity contribution < 1.29 is 18.0 Å². The Morgan fingerprint density at radius 2 is 2.00 bits per heavy atom. The highest BCUT2D eigenvalue weighted by atomic mass is 19.4. The van der Waals surface area contributed by atoms with Crippen LogP contribution in [0.15, 0.2) is 0 Å². The van der Waals surface area contributed by atoms with Crippen LogP contribution in [0.4, 0.5) is 13.2 Å². The van der Waals surface area contributed by atoms with Gasteiger partial charge in [-0.25, -0.2) is 0 Å². The van der Waals surface area contributed by atoms with Gasteiger partial charge in [0.05, 0.1) is 12.0 Å². The highest BCUT2D eigenvalue weighted by Crippen LogP contribution is 2.31. The van der Waals surface area contributed by atoms with Gasteiger partial charge in [0, 0.05) is 6.54 Å². The average Bonchev–Trinajstić information content (AvgIpc) is 2.03. The van der Waals surface area contributed by atoms with Gasteiger partial charge in [-0.05, 0) is 19.8 Å². The molecule has 2 unspecified atom stereocenters. The van der Waals surface area contributed by atoms with Crippen molar-refractivity contribution in [3.63, 3.8) is 0 Å². The zero-order valence-electron chi connectivity index (χ0n) is 7.32. The summed E-state index contributed by atoms with van der Waals surface area (Å²) in [7, 11) is 0. The van der Waals surface area contributed by atoms with E-state index < -0.39 is 12.1 Å². The summed E-state index contributed by atoms with van der Waals surface area (Å²) in [6.45, 7) is 1.26.